The molecule has 0 aliphatic carbocycles. The number of rotatable bonds is 12. The molecule has 0 spiro atoms. The second kappa shape index (κ2) is 11.0. The van der Waals surface area contributed by atoms with Gasteiger partial charge < -0.3 is 5.11 Å². The lowest BCUT2D eigenvalue weighted by Crippen LogP contribution is -2.23. The minimum atomic E-state index is -0.797. The number of unbranched alkanes of at least 4 members (excludes halogenated alkanes) is 1. The zero-order valence-corrected chi connectivity index (χ0v) is 14.4. The van der Waals surface area contributed by atoms with Crippen molar-refractivity contribution in [2.45, 2.75) is 69.8 Å². The maximum atomic E-state index is 10.5. The van der Waals surface area contributed by atoms with Crippen LogP contribution in [-0.2, 0) is 4.79 Å². The van der Waals surface area contributed by atoms with Gasteiger partial charge in [-0.25, -0.2) is 0 Å². The lowest BCUT2D eigenvalue weighted by Gasteiger charge is -2.28. The van der Waals surface area contributed by atoms with E-state index >= 15 is 0 Å². The maximum absolute atomic E-state index is 10.5. The van der Waals surface area contributed by atoms with Crippen LogP contribution in [0.4, 0.5) is 0 Å². The second-order valence-corrected chi connectivity index (χ2v) is 8.01. The van der Waals surface area contributed by atoms with Crippen LogP contribution < -0.4 is 0 Å². The molecule has 1 N–H and O–H groups in total. The molecule has 6 nitrogen and oxygen atoms in total. The molecule has 0 radical (unpaired) electrons. The van der Waals surface area contributed by atoms with E-state index in [1.807, 2.05) is 0 Å². The number of aliphatic carboxylic acids is 1. The van der Waals surface area contributed by atoms with Crippen LogP contribution in [0.25, 0.3) is 0 Å². The fourth-order valence-corrected chi connectivity index (χ4v) is 3.29. The van der Waals surface area contributed by atoms with Crippen molar-refractivity contribution in [1.29, 1.82) is 0 Å². The number of nitrogens with zero attached hydrogens (tertiary/aromatic N) is 2. The molecule has 21 heavy (non-hydrogen) atoms. The van der Waals surface area contributed by atoms with Crippen LogP contribution in [0.1, 0.15) is 59.3 Å². The summed E-state index contributed by atoms with van der Waals surface area (Å²) in [6.07, 6.45) is 3.85. The van der Waals surface area contributed by atoms with Crippen LogP contribution in [0.5, 0.6) is 0 Å². The Morgan fingerprint density at radius 3 is 2.14 bits per heavy atom. The minimum Gasteiger partial charge on any atom is -0.481 e. The lowest BCUT2D eigenvalue weighted by atomic mass is 9.88. The fourth-order valence-electron chi connectivity index (χ4n) is 1.99. The highest BCUT2D eigenvalue weighted by Crippen LogP contribution is 2.36. The summed E-state index contributed by atoms with van der Waals surface area (Å²) in [6.45, 7) is 6.18. The quantitative estimate of drug-likeness (QED) is 0.305. The topological polar surface area (TPSA) is 96.2 Å². The van der Waals surface area contributed by atoms with E-state index in [-0.39, 0.29) is 22.3 Å². The molecule has 0 saturated heterocycles. The summed E-state index contributed by atoms with van der Waals surface area (Å²) in [4.78, 5) is 31.4. The van der Waals surface area contributed by atoms with Gasteiger partial charge in [-0.15, -0.1) is 9.81 Å². The van der Waals surface area contributed by atoms with E-state index < -0.39 is 5.97 Å². The Labute approximate surface area is 134 Å². The highest BCUT2D eigenvalue weighted by atomic mass is 32.2. The Morgan fingerprint density at radius 2 is 1.67 bits per heavy atom. The number of carbonyl (C=O) groups is 1. The Balaban J connectivity index is 4.25. The van der Waals surface area contributed by atoms with Gasteiger partial charge in [0, 0.05) is 50.0 Å². The zero-order valence-electron chi connectivity index (χ0n) is 12.8. The molecule has 0 aromatic carbocycles. The Hall–Kier alpha value is -0.630. The smallest absolute Gasteiger partial charge is 0.303 e. The summed E-state index contributed by atoms with van der Waals surface area (Å²) in [6, 6.07) is 0. The number of nitroso groups, excluding NO2 is 2. The fraction of sp³-hybridized carbons (Fsp3) is 0.923. The van der Waals surface area contributed by atoms with Crippen LogP contribution in [0, 0.1) is 15.2 Å². The molecule has 0 fully saturated rings. The summed E-state index contributed by atoms with van der Waals surface area (Å²) in [5.41, 5.74) is -0.0360. The van der Waals surface area contributed by atoms with Gasteiger partial charge in [-0.3, -0.25) is 4.79 Å². The molecule has 0 rings (SSSR count). The molecule has 0 bridgehead atoms. The first-order valence-corrected chi connectivity index (χ1v) is 8.67. The van der Waals surface area contributed by atoms with Gasteiger partial charge in [0.2, 0.25) is 0 Å². The van der Waals surface area contributed by atoms with Gasteiger partial charge in [-0.05, 0) is 31.1 Å². The molecule has 0 aliphatic heterocycles. The normalized spacial score (nSPS) is 14.4. The van der Waals surface area contributed by atoms with Crippen molar-refractivity contribution in [3.8, 4) is 0 Å². The van der Waals surface area contributed by atoms with Crippen LogP contribution in [0.3, 0.4) is 0 Å². The Morgan fingerprint density at radius 1 is 1.05 bits per heavy atom. The van der Waals surface area contributed by atoms with Crippen LogP contribution >= 0.6 is 23.9 Å². The van der Waals surface area contributed by atoms with Crippen LogP contribution in [0.2, 0.25) is 0 Å². The second-order valence-electron chi connectivity index (χ2n) is 6.05. The van der Waals surface area contributed by atoms with Gasteiger partial charge >= 0.3 is 5.97 Å². The van der Waals surface area contributed by atoms with E-state index in [2.05, 4.69) is 29.9 Å². The van der Waals surface area contributed by atoms with Gasteiger partial charge in [0.15, 0.2) is 0 Å². The molecule has 8 heteroatoms. The van der Waals surface area contributed by atoms with Gasteiger partial charge in [0.1, 0.15) is 0 Å². The summed E-state index contributed by atoms with van der Waals surface area (Å²) in [5, 5.41) is 8.77. The summed E-state index contributed by atoms with van der Waals surface area (Å²) < 4.78 is 5.83. The van der Waals surface area contributed by atoms with E-state index in [1.165, 1.54) is 0 Å². The Kier molecular flexibility index (Phi) is 10.7. The van der Waals surface area contributed by atoms with Crippen molar-refractivity contribution in [2.75, 3.05) is 0 Å². The molecule has 0 amide bonds. The van der Waals surface area contributed by atoms with E-state index in [1.54, 1.807) is 0 Å². The molecular weight excluding hydrogens is 312 g/mol. The predicted octanol–water partition coefficient (Wildman–Crippen LogP) is 5.02. The third-order valence-corrected chi connectivity index (χ3v) is 5.38. The summed E-state index contributed by atoms with van der Waals surface area (Å²) in [5.74, 6) is -0.797. The molecule has 0 heterocycles. The molecule has 2 atom stereocenters. The number of carboxylic acids is 1. The van der Waals surface area contributed by atoms with E-state index in [4.69, 9.17) is 5.11 Å². The largest absolute Gasteiger partial charge is 0.481 e. The van der Waals surface area contributed by atoms with Crippen molar-refractivity contribution in [3.63, 3.8) is 0 Å². The highest BCUT2D eigenvalue weighted by Gasteiger charge is 2.27. The summed E-state index contributed by atoms with van der Waals surface area (Å²) in [7, 11) is 0. The SMILES string of the molecule is CC(C)(C)C(CCC(CCCCC(=O)O)SN=O)SN=O. The number of hydrogen-bond acceptors (Lipinski definition) is 7. The first-order valence-electron chi connectivity index (χ1n) is 7.00. The van der Waals surface area contributed by atoms with Gasteiger partial charge in [-0.2, -0.15) is 0 Å². The molecular formula is C13H24N2O4S2. The Bertz CT molecular complexity index is 335. The van der Waals surface area contributed by atoms with E-state index in [0.29, 0.717) is 6.42 Å². The zero-order chi connectivity index (χ0) is 16.3. The third kappa shape index (κ3) is 10.7. The van der Waals surface area contributed by atoms with Crippen LogP contribution in [-0.4, -0.2) is 21.6 Å². The monoisotopic (exact) mass is 336 g/mol. The predicted molar refractivity (Wildman–Crippen MR) is 89.1 cm³/mol. The molecule has 0 aromatic rings. The maximum Gasteiger partial charge on any atom is 0.303 e. The number of carboxylic acid groups (broad SMARTS) is 1. The summed E-state index contributed by atoms with van der Waals surface area (Å²) >= 11 is 2.06. The van der Waals surface area contributed by atoms with Gasteiger partial charge in [0.25, 0.3) is 0 Å². The van der Waals surface area contributed by atoms with Crippen molar-refractivity contribution >= 4 is 29.9 Å². The molecule has 122 valence electrons. The van der Waals surface area contributed by atoms with E-state index in [9.17, 15) is 14.6 Å². The average molecular weight is 336 g/mol. The lowest BCUT2D eigenvalue weighted by molar-refractivity contribution is -0.137. The van der Waals surface area contributed by atoms with Crippen molar-refractivity contribution in [3.05, 3.63) is 9.81 Å². The first-order chi connectivity index (χ1) is 9.81. The number of hydrogen-bond donors (Lipinski definition) is 1. The molecule has 0 saturated carbocycles. The van der Waals surface area contributed by atoms with Gasteiger partial charge in [-0.1, -0.05) is 27.2 Å². The van der Waals surface area contributed by atoms with Crippen molar-refractivity contribution in [1.82, 2.24) is 0 Å². The molecule has 0 aromatic heterocycles. The third-order valence-electron chi connectivity index (χ3n) is 3.25. The average Bonchev–Trinajstić information content (AvgIpc) is 2.37. The van der Waals surface area contributed by atoms with E-state index in [0.717, 1.165) is 49.6 Å². The van der Waals surface area contributed by atoms with Crippen molar-refractivity contribution < 1.29 is 9.90 Å². The highest BCUT2D eigenvalue weighted by molar-refractivity contribution is 7.98. The molecule has 2 unspecified atom stereocenters. The standard InChI is InChI=1S/C13H24N2O4S2/c1-13(2,3)11(21-15-19)9-8-10(20-14-18)6-4-5-7-12(16)17/h10-11H,4-9H2,1-3H3,(H,16,17). The van der Waals surface area contributed by atoms with Gasteiger partial charge in [0.05, 0.1) is 0 Å². The minimum absolute atomic E-state index is 0.0360. The van der Waals surface area contributed by atoms with Crippen LogP contribution in [0.15, 0.2) is 9.16 Å². The first kappa shape index (κ1) is 20.4. The van der Waals surface area contributed by atoms with Crippen molar-refractivity contribution in [2.24, 2.45) is 14.6 Å². The molecule has 0 aliphatic rings.